The molecule has 10 heteroatoms. The predicted octanol–water partition coefficient (Wildman–Crippen LogP) is 0.726. The van der Waals surface area contributed by atoms with Crippen molar-refractivity contribution in [3.63, 3.8) is 0 Å². The smallest absolute Gasteiger partial charge is 0.272 e. The predicted molar refractivity (Wildman–Crippen MR) is 90.6 cm³/mol. The fourth-order valence-corrected chi connectivity index (χ4v) is 4.72. The van der Waals surface area contributed by atoms with Gasteiger partial charge in [-0.1, -0.05) is 29.5 Å². The quantitative estimate of drug-likeness (QED) is 0.801. The Morgan fingerprint density at radius 2 is 1.79 bits per heavy atom. The first-order chi connectivity index (χ1) is 11.5. The first-order valence-electron chi connectivity index (χ1n) is 7.35. The van der Waals surface area contributed by atoms with Crippen LogP contribution in [0, 0.1) is 0 Å². The lowest BCUT2D eigenvalue weighted by Gasteiger charge is -2.30. The summed E-state index contributed by atoms with van der Waals surface area (Å²) in [5.41, 5.74) is 0.469. The van der Waals surface area contributed by atoms with Gasteiger partial charge in [0, 0.05) is 31.7 Å². The highest BCUT2D eigenvalue weighted by atomic mass is 32.2. The van der Waals surface area contributed by atoms with E-state index >= 15 is 0 Å². The van der Waals surface area contributed by atoms with Crippen LogP contribution in [0.1, 0.15) is 10.4 Å². The van der Waals surface area contributed by atoms with E-state index in [9.17, 15) is 13.2 Å². The van der Waals surface area contributed by atoms with Crippen molar-refractivity contribution in [3.8, 4) is 0 Å². The van der Waals surface area contributed by atoms with E-state index in [4.69, 9.17) is 0 Å². The summed E-state index contributed by atoms with van der Waals surface area (Å²) in [6, 6.07) is 8.63. The number of hydrogen-bond acceptors (Lipinski definition) is 7. The van der Waals surface area contributed by atoms with Gasteiger partial charge in [-0.2, -0.15) is 4.31 Å². The van der Waals surface area contributed by atoms with Gasteiger partial charge in [-0.15, -0.1) is 10.2 Å². The minimum atomic E-state index is -3.66. The Labute approximate surface area is 144 Å². The minimum absolute atomic E-state index is 0.101. The Morgan fingerprint density at radius 1 is 1.12 bits per heavy atom. The Hall–Kier alpha value is -1.88. The average molecular weight is 367 g/mol. The number of anilines is 1. The zero-order valence-electron chi connectivity index (χ0n) is 13.0. The van der Waals surface area contributed by atoms with Gasteiger partial charge in [-0.25, -0.2) is 8.42 Å². The topological polar surface area (TPSA) is 95.5 Å². The van der Waals surface area contributed by atoms with Crippen molar-refractivity contribution in [2.75, 3.05) is 38.5 Å². The molecule has 0 aliphatic carbocycles. The Morgan fingerprint density at radius 3 is 2.46 bits per heavy atom. The summed E-state index contributed by atoms with van der Waals surface area (Å²) < 4.78 is 26.4. The number of carbonyl (C=O) groups is 1. The SMILES string of the molecule is CN1CCN(S(=O)(=O)c2nnc(NC(=O)c3ccccc3)s2)CC1. The van der Waals surface area contributed by atoms with E-state index in [1.54, 1.807) is 24.3 Å². The van der Waals surface area contributed by atoms with Crippen LogP contribution in [0.15, 0.2) is 34.7 Å². The molecule has 24 heavy (non-hydrogen) atoms. The zero-order chi connectivity index (χ0) is 17.2. The lowest BCUT2D eigenvalue weighted by molar-refractivity contribution is 0.102. The van der Waals surface area contributed by atoms with Crippen LogP contribution in [-0.2, 0) is 10.0 Å². The van der Waals surface area contributed by atoms with Crippen molar-refractivity contribution in [2.24, 2.45) is 0 Å². The molecule has 1 fully saturated rings. The number of benzene rings is 1. The monoisotopic (exact) mass is 367 g/mol. The molecule has 0 atom stereocenters. The molecule has 1 aliphatic heterocycles. The van der Waals surface area contributed by atoms with Gasteiger partial charge in [0.2, 0.25) is 9.47 Å². The molecule has 1 aromatic heterocycles. The van der Waals surface area contributed by atoms with Crippen molar-refractivity contribution >= 4 is 32.4 Å². The fourth-order valence-electron chi connectivity index (χ4n) is 2.26. The summed E-state index contributed by atoms with van der Waals surface area (Å²) in [5, 5.41) is 10.3. The second-order valence-electron chi connectivity index (χ2n) is 5.40. The molecule has 0 radical (unpaired) electrons. The summed E-state index contributed by atoms with van der Waals surface area (Å²) in [7, 11) is -1.71. The van der Waals surface area contributed by atoms with Crippen LogP contribution in [-0.4, -0.2) is 67.0 Å². The van der Waals surface area contributed by atoms with Gasteiger partial charge in [0.15, 0.2) is 0 Å². The first kappa shape index (κ1) is 17.0. The van der Waals surface area contributed by atoms with Gasteiger partial charge >= 0.3 is 0 Å². The normalized spacial score (nSPS) is 16.9. The third kappa shape index (κ3) is 3.61. The second kappa shape index (κ2) is 6.93. The molecule has 0 bridgehead atoms. The third-order valence-electron chi connectivity index (χ3n) is 3.69. The number of carbonyl (C=O) groups excluding carboxylic acids is 1. The maximum Gasteiger partial charge on any atom is 0.272 e. The summed E-state index contributed by atoms with van der Waals surface area (Å²) in [6.45, 7) is 2.19. The van der Waals surface area contributed by atoms with Gasteiger partial charge < -0.3 is 4.90 Å². The van der Waals surface area contributed by atoms with Crippen molar-refractivity contribution in [3.05, 3.63) is 35.9 Å². The maximum absolute atomic E-state index is 12.6. The second-order valence-corrected chi connectivity index (χ2v) is 8.49. The van der Waals surface area contributed by atoms with E-state index in [1.165, 1.54) is 4.31 Å². The lowest BCUT2D eigenvalue weighted by Crippen LogP contribution is -2.46. The van der Waals surface area contributed by atoms with Gasteiger partial charge in [0.1, 0.15) is 0 Å². The van der Waals surface area contributed by atoms with Crippen LogP contribution in [0.3, 0.4) is 0 Å². The van der Waals surface area contributed by atoms with Gasteiger partial charge in [0.25, 0.3) is 15.9 Å². The molecule has 1 N–H and O–H groups in total. The molecule has 1 saturated heterocycles. The van der Waals surface area contributed by atoms with E-state index in [2.05, 4.69) is 20.4 Å². The highest BCUT2D eigenvalue weighted by Gasteiger charge is 2.31. The van der Waals surface area contributed by atoms with E-state index in [1.807, 2.05) is 13.1 Å². The largest absolute Gasteiger partial charge is 0.304 e. The van der Waals surface area contributed by atoms with Crippen LogP contribution in [0.5, 0.6) is 0 Å². The highest BCUT2D eigenvalue weighted by molar-refractivity contribution is 7.91. The average Bonchev–Trinajstić information content (AvgIpc) is 3.05. The van der Waals surface area contributed by atoms with Gasteiger partial charge in [-0.3, -0.25) is 10.1 Å². The van der Waals surface area contributed by atoms with Crippen molar-refractivity contribution in [1.29, 1.82) is 0 Å². The molecule has 1 aliphatic rings. The number of hydrogen-bond donors (Lipinski definition) is 1. The van der Waals surface area contributed by atoms with Gasteiger partial charge in [-0.05, 0) is 19.2 Å². The van der Waals surface area contributed by atoms with E-state index < -0.39 is 10.0 Å². The van der Waals surface area contributed by atoms with Crippen molar-refractivity contribution in [2.45, 2.75) is 4.34 Å². The Balaban J connectivity index is 1.72. The standard InChI is InChI=1S/C14H17N5O3S2/c1-18-7-9-19(10-8-18)24(21,22)14-17-16-13(23-14)15-12(20)11-5-3-2-4-6-11/h2-6H,7-10H2,1H3,(H,15,16,20). The molecule has 0 unspecified atom stereocenters. The molecule has 0 spiro atoms. The number of piperazine rings is 1. The summed E-state index contributed by atoms with van der Waals surface area (Å²) in [5.74, 6) is -0.352. The zero-order valence-corrected chi connectivity index (χ0v) is 14.7. The molecule has 1 aromatic carbocycles. The van der Waals surface area contributed by atoms with Crippen molar-refractivity contribution in [1.82, 2.24) is 19.4 Å². The van der Waals surface area contributed by atoms with E-state index in [0.29, 0.717) is 31.7 Å². The molecule has 2 heterocycles. The van der Waals surface area contributed by atoms with Gasteiger partial charge in [0.05, 0.1) is 0 Å². The van der Waals surface area contributed by atoms with E-state index in [-0.39, 0.29) is 15.4 Å². The number of nitrogens with one attached hydrogen (secondary N) is 1. The molecule has 2 aromatic rings. The van der Waals surface area contributed by atoms with Crippen LogP contribution in [0.2, 0.25) is 0 Å². The Bertz CT molecular complexity index is 814. The first-order valence-corrected chi connectivity index (χ1v) is 9.61. The molecule has 8 nitrogen and oxygen atoms in total. The number of sulfonamides is 1. The molecule has 0 saturated carbocycles. The summed E-state index contributed by atoms with van der Waals surface area (Å²) in [4.78, 5) is 14.1. The number of likely N-dealkylation sites (N-methyl/N-ethyl adjacent to an activating group) is 1. The minimum Gasteiger partial charge on any atom is -0.304 e. The van der Waals surface area contributed by atoms with E-state index in [0.717, 1.165) is 11.3 Å². The molecule has 1 amide bonds. The van der Waals surface area contributed by atoms with Crippen LogP contribution < -0.4 is 5.32 Å². The molecular weight excluding hydrogens is 350 g/mol. The number of aromatic nitrogens is 2. The van der Waals surface area contributed by atoms with Crippen LogP contribution in [0.25, 0.3) is 0 Å². The van der Waals surface area contributed by atoms with Crippen molar-refractivity contribution < 1.29 is 13.2 Å². The summed E-state index contributed by atoms with van der Waals surface area (Å²) in [6.07, 6.45) is 0. The molecule has 3 rings (SSSR count). The lowest BCUT2D eigenvalue weighted by atomic mass is 10.2. The number of rotatable bonds is 4. The molecule has 128 valence electrons. The van der Waals surface area contributed by atoms with Crippen LogP contribution >= 0.6 is 11.3 Å². The number of nitrogens with zero attached hydrogens (tertiary/aromatic N) is 4. The summed E-state index contributed by atoms with van der Waals surface area (Å²) >= 11 is 0.860. The maximum atomic E-state index is 12.6. The number of amides is 1. The Kier molecular flexibility index (Phi) is 4.90. The molecular formula is C14H17N5O3S2. The third-order valence-corrected chi connectivity index (χ3v) is 6.77. The fraction of sp³-hybridized carbons (Fsp3) is 0.357. The van der Waals surface area contributed by atoms with Crippen LogP contribution in [0.4, 0.5) is 5.13 Å². The highest BCUT2D eigenvalue weighted by Crippen LogP contribution is 2.24.